The van der Waals surface area contributed by atoms with Crippen LogP contribution < -0.4 is 18.9 Å². The van der Waals surface area contributed by atoms with E-state index in [9.17, 15) is 32.8 Å². The molecule has 8 aromatic rings. The first-order valence-electron chi connectivity index (χ1n) is 24.5. The van der Waals surface area contributed by atoms with Crippen molar-refractivity contribution in [2.75, 3.05) is 21.3 Å². The number of carbonyl (C=O) groups excluding carboxylic acids is 5. The number of aromatic nitrogens is 2. The Morgan fingerprint density at radius 1 is 0.474 bits per heavy atom. The maximum absolute atomic E-state index is 13.2. The number of halogens is 3. The van der Waals surface area contributed by atoms with E-state index in [-0.39, 0.29) is 87.7 Å². The fraction of sp³-hybridized carbons (Fsp3) is 0.254. The Labute approximate surface area is 460 Å². The summed E-state index contributed by atoms with van der Waals surface area (Å²) >= 11 is 3.50. The number of hydrogen-bond acceptors (Lipinski definition) is 12. The van der Waals surface area contributed by atoms with Gasteiger partial charge in [-0.3, -0.25) is 33.9 Å². The zero-order chi connectivity index (χ0) is 53.6. The standard InChI is InChI=1S/C32H28FNO6.C29H23BrFNO4.2CH4/c1-38-28-19-26-25(17-22(28)18-31(37)39-2)27(11-14-34-26)40-24-9-5-21(6-10-24)16-30(36)32(12-13-32)29(35)15-20-3-7-23(33)8-4-20;1-35-26-17-24-22(16-23(26)30)25(10-13-32-24)36-21-8-4-19(5-9-21)15-28(34)29(11-12-29)27(33)14-18-2-6-20(31)7-3-18;;/h3-11,14,17,19H,12-13,15-16,18H2,1-2H3;2-10,13,16-17H,11-12,14-15H2,1H3;2*1H4. The summed E-state index contributed by atoms with van der Waals surface area (Å²) in [6.07, 6.45) is 6.16. The van der Waals surface area contributed by atoms with Gasteiger partial charge in [-0.05, 0) is 137 Å². The van der Waals surface area contributed by atoms with Crippen LogP contribution in [0.5, 0.6) is 34.5 Å². The van der Waals surface area contributed by atoms with E-state index in [4.69, 9.17) is 23.7 Å². The number of rotatable bonds is 20. The lowest BCUT2D eigenvalue weighted by atomic mass is 9.88. The van der Waals surface area contributed by atoms with Crippen molar-refractivity contribution in [1.82, 2.24) is 9.97 Å². The largest absolute Gasteiger partial charge is 0.496 e. The highest BCUT2D eigenvalue weighted by molar-refractivity contribution is 9.10. The van der Waals surface area contributed by atoms with Crippen molar-refractivity contribution in [3.05, 3.63) is 190 Å². The van der Waals surface area contributed by atoms with Gasteiger partial charge in [0.2, 0.25) is 0 Å². The molecule has 12 nitrogen and oxygen atoms in total. The molecule has 15 heteroatoms. The highest BCUT2D eigenvalue weighted by atomic mass is 79.9. The van der Waals surface area contributed by atoms with Crippen LogP contribution in [-0.4, -0.2) is 60.4 Å². The first-order chi connectivity index (χ1) is 36.7. The summed E-state index contributed by atoms with van der Waals surface area (Å²) in [5, 5.41) is 1.54. The third-order valence-corrected chi connectivity index (χ3v) is 14.5. The fourth-order valence-corrected chi connectivity index (χ4v) is 9.61. The first-order valence-corrected chi connectivity index (χ1v) is 25.3. The number of pyridine rings is 2. The lowest BCUT2D eigenvalue weighted by Crippen LogP contribution is -2.28. The molecule has 0 spiro atoms. The average molecular weight is 1120 g/mol. The van der Waals surface area contributed by atoms with Gasteiger partial charge in [-0.25, -0.2) is 8.78 Å². The second kappa shape index (κ2) is 24.9. The molecule has 2 aliphatic rings. The Bertz CT molecular complexity index is 3490. The highest BCUT2D eigenvalue weighted by Gasteiger charge is 2.55. The van der Waals surface area contributed by atoms with Crippen molar-refractivity contribution >= 4 is 66.8 Å². The minimum Gasteiger partial charge on any atom is -0.496 e. The van der Waals surface area contributed by atoms with Gasteiger partial charge in [-0.2, -0.15) is 0 Å². The van der Waals surface area contributed by atoms with Crippen LogP contribution in [0.3, 0.4) is 0 Å². The molecule has 0 amide bonds. The summed E-state index contributed by atoms with van der Waals surface area (Å²) in [6, 6.07) is 36.9. The molecule has 0 radical (unpaired) electrons. The van der Waals surface area contributed by atoms with Gasteiger partial charge in [0.05, 0.1) is 54.1 Å². The van der Waals surface area contributed by atoms with Gasteiger partial charge in [0, 0.05) is 66.5 Å². The van der Waals surface area contributed by atoms with E-state index in [0.717, 1.165) is 32.1 Å². The number of methoxy groups -OCH3 is 3. The Kier molecular flexibility index (Phi) is 18.3. The van der Waals surface area contributed by atoms with Crippen LogP contribution in [0.15, 0.2) is 150 Å². The van der Waals surface area contributed by atoms with Gasteiger partial charge in [0.1, 0.15) is 46.1 Å². The fourth-order valence-electron chi connectivity index (χ4n) is 9.11. The zero-order valence-corrected chi connectivity index (χ0v) is 43.4. The van der Waals surface area contributed by atoms with Crippen LogP contribution in [0.2, 0.25) is 0 Å². The second-order valence-corrected chi connectivity index (χ2v) is 19.7. The number of hydrogen-bond donors (Lipinski definition) is 0. The van der Waals surface area contributed by atoms with Gasteiger partial charge in [-0.1, -0.05) is 63.4 Å². The van der Waals surface area contributed by atoms with E-state index in [1.807, 2.05) is 48.5 Å². The molecule has 0 aliphatic heterocycles. The second-order valence-electron chi connectivity index (χ2n) is 18.9. The number of ether oxygens (including phenoxy) is 5. The molecule has 0 unspecified atom stereocenters. The number of nitrogens with zero attached hydrogens (tertiary/aromatic N) is 2. The summed E-state index contributed by atoms with van der Waals surface area (Å²) < 4.78 is 55.0. The number of fused-ring (bicyclic) bond motifs is 2. The monoisotopic (exact) mass is 1120 g/mol. The van der Waals surface area contributed by atoms with Crippen molar-refractivity contribution < 1.29 is 56.4 Å². The quantitative estimate of drug-likeness (QED) is 0.0526. The van der Waals surface area contributed by atoms with Crippen LogP contribution in [0.4, 0.5) is 8.78 Å². The van der Waals surface area contributed by atoms with E-state index in [1.54, 1.807) is 80.2 Å². The van der Waals surface area contributed by atoms with Gasteiger partial charge in [0.15, 0.2) is 23.1 Å². The normalized spacial score (nSPS) is 13.3. The molecule has 0 N–H and O–H groups in total. The number of ketones is 4. The van der Waals surface area contributed by atoms with Crippen molar-refractivity contribution in [3.63, 3.8) is 0 Å². The molecule has 2 aliphatic carbocycles. The molecular formula is C63H59BrF2N2O10. The van der Waals surface area contributed by atoms with Crippen molar-refractivity contribution in [1.29, 1.82) is 0 Å². The highest BCUT2D eigenvalue weighted by Crippen LogP contribution is 2.50. The number of esters is 1. The van der Waals surface area contributed by atoms with Crippen LogP contribution in [0, 0.1) is 22.5 Å². The smallest absolute Gasteiger partial charge is 0.310 e. The molecule has 0 bridgehead atoms. The van der Waals surface area contributed by atoms with E-state index >= 15 is 0 Å². The van der Waals surface area contributed by atoms with E-state index < -0.39 is 10.8 Å². The SMILES string of the molecule is C.C.COC(=O)Cc1cc2c(Oc3ccc(CC(=O)C4(C(=O)Cc5ccc(F)cc5)CC4)cc3)ccnc2cc1OC.COc1cc2nccc(Oc3ccc(CC(=O)C4(C(=O)Cc5ccc(F)cc5)CC4)cc3)c2cc1Br. The maximum Gasteiger partial charge on any atom is 0.310 e. The van der Waals surface area contributed by atoms with Crippen LogP contribution in [-0.2, 0) is 60.8 Å². The van der Waals surface area contributed by atoms with Gasteiger partial charge in [-0.15, -0.1) is 0 Å². The summed E-state index contributed by atoms with van der Waals surface area (Å²) in [6.45, 7) is 0. The molecular weight excluding hydrogens is 1060 g/mol. The number of Topliss-reactive ketones (excluding diaryl/α,β-unsaturated/α-hetero) is 4. The van der Waals surface area contributed by atoms with Gasteiger partial charge < -0.3 is 23.7 Å². The molecule has 2 heterocycles. The summed E-state index contributed by atoms with van der Waals surface area (Å²) in [7, 11) is 4.46. The summed E-state index contributed by atoms with van der Waals surface area (Å²) in [5.41, 5.74) is 3.21. The third-order valence-electron chi connectivity index (χ3n) is 13.9. The summed E-state index contributed by atoms with van der Waals surface area (Å²) in [5.74, 6) is 2.13. The molecule has 0 atom stereocenters. The molecule has 2 aromatic heterocycles. The van der Waals surface area contributed by atoms with E-state index in [1.165, 1.54) is 38.5 Å². The minimum atomic E-state index is -0.942. The first kappa shape index (κ1) is 57.5. The van der Waals surface area contributed by atoms with Crippen LogP contribution in [0.25, 0.3) is 21.8 Å². The minimum absolute atomic E-state index is 0. The predicted molar refractivity (Wildman–Crippen MR) is 297 cm³/mol. The molecule has 2 saturated carbocycles. The molecule has 6 aromatic carbocycles. The Morgan fingerprint density at radius 2 is 0.833 bits per heavy atom. The molecule has 402 valence electrons. The predicted octanol–water partition coefficient (Wildman–Crippen LogP) is 13.5. The van der Waals surface area contributed by atoms with Crippen molar-refractivity contribution in [2.45, 2.75) is 72.6 Å². The lowest BCUT2D eigenvalue weighted by Gasteiger charge is -2.14. The van der Waals surface area contributed by atoms with Crippen LogP contribution >= 0.6 is 15.9 Å². The third kappa shape index (κ3) is 13.1. The van der Waals surface area contributed by atoms with Crippen molar-refractivity contribution in [3.8, 4) is 34.5 Å². The van der Waals surface area contributed by atoms with E-state index in [2.05, 4.69) is 25.9 Å². The maximum atomic E-state index is 13.2. The van der Waals surface area contributed by atoms with Gasteiger partial charge >= 0.3 is 5.97 Å². The topological polar surface area (TPSA) is 157 Å². The Balaban J connectivity index is 0.000000222. The number of benzene rings is 6. The van der Waals surface area contributed by atoms with Gasteiger partial charge in [0.25, 0.3) is 0 Å². The molecule has 2 fully saturated rings. The summed E-state index contributed by atoms with van der Waals surface area (Å²) in [4.78, 5) is 72.7. The average Bonchev–Trinajstić information content (AvgIpc) is 4.42. The Hall–Kier alpha value is -8.17. The Morgan fingerprint density at radius 3 is 1.19 bits per heavy atom. The molecule has 0 saturated heterocycles. The zero-order valence-electron chi connectivity index (χ0n) is 41.8. The van der Waals surface area contributed by atoms with E-state index in [0.29, 0.717) is 82.2 Å². The van der Waals surface area contributed by atoms with Crippen LogP contribution in [0.1, 0.15) is 68.4 Å². The molecule has 78 heavy (non-hydrogen) atoms. The van der Waals surface area contributed by atoms with Crippen molar-refractivity contribution in [2.24, 2.45) is 10.8 Å². The molecule has 10 rings (SSSR count). The number of carbonyl (C=O) groups is 5. The lowest BCUT2D eigenvalue weighted by molar-refractivity contribution is -0.140.